The van der Waals surface area contributed by atoms with Gasteiger partial charge in [0.15, 0.2) is 0 Å². The number of aryl methyl sites for hydroxylation is 1. The van der Waals surface area contributed by atoms with E-state index in [1.807, 2.05) is 23.2 Å². The molecule has 0 bridgehead atoms. The Hall–Kier alpha value is -3.47. The molecule has 0 radical (unpaired) electrons. The van der Waals surface area contributed by atoms with Crippen LogP contribution in [0.4, 0.5) is 0 Å². The number of carbonyl (C=O) groups is 1. The molecule has 5 rings (SSSR count). The molecule has 0 unspecified atom stereocenters. The lowest BCUT2D eigenvalue weighted by molar-refractivity contribution is -0.131. The Morgan fingerprint density at radius 1 is 1.06 bits per heavy atom. The van der Waals surface area contributed by atoms with E-state index in [-0.39, 0.29) is 5.91 Å². The smallest absolute Gasteiger partial charge is 0.227 e. The molecule has 0 aliphatic carbocycles. The number of benzene rings is 2. The summed E-state index contributed by atoms with van der Waals surface area (Å²) >= 11 is 0. The highest BCUT2D eigenvalue weighted by molar-refractivity contribution is 6.15. The van der Waals surface area contributed by atoms with Gasteiger partial charge in [-0.2, -0.15) is 0 Å². The molecule has 2 aliphatic heterocycles. The summed E-state index contributed by atoms with van der Waals surface area (Å²) in [6, 6.07) is 16.8. The number of rotatable bonds is 5. The molecule has 0 saturated heterocycles. The number of fused-ring (bicyclic) bond motifs is 2. The molecular weight excluding hydrogens is 386 g/mol. The summed E-state index contributed by atoms with van der Waals surface area (Å²) < 4.78 is 5.17. The average molecular weight is 412 g/mol. The second-order valence-corrected chi connectivity index (χ2v) is 8.26. The lowest BCUT2D eigenvalue weighted by Crippen LogP contribution is -2.37. The summed E-state index contributed by atoms with van der Waals surface area (Å²) in [5.41, 5.74) is 9.18. The monoisotopic (exact) mass is 411 g/mol. The number of amides is 1. The second kappa shape index (κ2) is 7.99. The fraction of sp³-hybridized carbons (Fsp3) is 0.269. The maximum absolute atomic E-state index is 12.8. The van der Waals surface area contributed by atoms with Crippen LogP contribution in [0.3, 0.4) is 0 Å². The normalized spacial score (nSPS) is 14.8. The lowest BCUT2D eigenvalue weighted by Gasteiger charge is -2.29. The fourth-order valence-corrected chi connectivity index (χ4v) is 4.44. The van der Waals surface area contributed by atoms with E-state index < -0.39 is 0 Å². The van der Waals surface area contributed by atoms with Crippen LogP contribution in [0, 0.1) is 6.92 Å². The van der Waals surface area contributed by atoms with Crippen LogP contribution < -0.4 is 4.74 Å². The van der Waals surface area contributed by atoms with Crippen molar-refractivity contribution in [3.05, 3.63) is 93.7 Å². The van der Waals surface area contributed by atoms with Gasteiger partial charge < -0.3 is 9.64 Å². The highest BCUT2D eigenvalue weighted by Gasteiger charge is 2.27. The van der Waals surface area contributed by atoms with Crippen LogP contribution in [0.2, 0.25) is 0 Å². The van der Waals surface area contributed by atoms with Gasteiger partial charge in [-0.05, 0) is 47.7 Å². The van der Waals surface area contributed by atoms with Gasteiger partial charge in [-0.15, -0.1) is 0 Å². The maximum Gasteiger partial charge on any atom is 0.227 e. The van der Waals surface area contributed by atoms with Gasteiger partial charge in [-0.1, -0.05) is 35.9 Å². The van der Waals surface area contributed by atoms with Crippen LogP contribution in [0.5, 0.6) is 5.88 Å². The molecule has 1 aromatic heterocycles. The second-order valence-electron chi connectivity index (χ2n) is 8.26. The van der Waals surface area contributed by atoms with Crippen LogP contribution in [0.1, 0.15) is 38.9 Å². The first kappa shape index (κ1) is 19.5. The number of nitrogens with zero attached hydrogens (tertiary/aromatic N) is 3. The predicted octanol–water partition coefficient (Wildman–Crippen LogP) is 3.88. The molecule has 156 valence electrons. The molecule has 2 aliphatic rings. The molecule has 31 heavy (non-hydrogen) atoms. The molecule has 0 N–H and O–H groups in total. The minimum Gasteiger partial charge on any atom is -0.481 e. The van der Waals surface area contributed by atoms with Crippen molar-refractivity contribution in [2.45, 2.75) is 32.9 Å². The van der Waals surface area contributed by atoms with E-state index in [2.05, 4.69) is 48.3 Å². The Labute approximate surface area is 182 Å². The maximum atomic E-state index is 12.8. The third-order valence-corrected chi connectivity index (χ3v) is 6.12. The summed E-state index contributed by atoms with van der Waals surface area (Å²) in [5.74, 6) is 0.800. The van der Waals surface area contributed by atoms with E-state index in [4.69, 9.17) is 9.73 Å². The van der Waals surface area contributed by atoms with Gasteiger partial charge in [0.1, 0.15) is 0 Å². The van der Waals surface area contributed by atoms with E-state index in [1.54, 1.807) is 7.11 Å². The van der Waals surface area contributed by atoms with Crippen LogP contribution in [0.25, 0.3) is 0 Å². The Morgan fingerprint density at radius 3 is 2.74 bits per heavy atom. The first-order valence-corrected chi connectivity index (χ1v) is 10.6. The predicted molar refractivity (Wildman–Crippen MR) is 121 cm³/mol. The highest BCUT2D eigenvalue weighted by atomic mass is 16.5. The topological polar surface area (TPSA) is 54.8 Å². The van der Waals surface area contributed by atoms with E-state index in [0.29, 0.717) is 25.4 Å². The molecule has 0 fully saturated rings. The third kappa shape index (κ3) is 3.83. The number of carbonyl (C=O) groups excluding carboxylic acids is 1. The third-order valence-electron chi connectivity index (χ3n) is 6.12. The van der Waals surface area contributed by atoms with E-state index in [1.165, 1.54) is 22.3 Å². The Balaban J connectivity index is 1.37. The average Bonchev–Trinajstić information content (AvgIpc) is 3.19. The number of aromatic nitrogens is 1. The summed E-state index contributed by atoms with van der Waals surface area (Å²) in [4.78, 5) is 23.8. The first-order valence-electron chi connectivity index (χ1n) is 10.6. The summed E-state index contributed by atoms with van der Waals surface area (Å²) in [6.07, 6.45) is 3.15. The molecule has 3 aromatic rings. The van der Waals surface area contributed by atoms with Crippen molar-refractivity contribution in [2.24, 2.45) is 4.99 Å². The highest BCUT2D eigenvalue weighted by Crippen LogP contribution is 2.30. The van der Waals surface area contributed by atoms with Crippen LogP contribution in [-0.4, -0.2) is 35.2 Å². The van der Waals surface area contributed by atoms with Gasteiger partial charge >= 0.3 is 0 Å². The van der Waals surface area contributed by atoms with Crippen molar-refractivity contribution in [2.75, 3.05) is 13.7 Å². The zero-order valence-electron chi connectivity index (χ0n) is 17.9. The van der Waals surface area contributed by atoms with Crippen molar-refractivity contribution in [1.82, 2.24) is 9.88 Å². The van der Waals surface area contributed by atoms with Gasteiger partial charge in [0.25, 0.3) is 0 Å². The van der Waals surface area contributed by atoms with Gasteiger partial charge in [-0.25, -0.2) is 4.98 Å². The van der Waals surface area contributed by atoms with E-state index in [9.17, 15) is 4.79 Å². The molecule has 0 spiro atoms. The van der Waals surface area contributed by atoms with Crippen LogP contribution in [0.15, 0.2) is 59.7 Å². The standard InChI is InChI=1S/C26H25N3O2/c1-17-4-3-5-18(10-17)8-9-29-16-22-12-23-21(11-20(22)13-25(29)30)15-28-26(23)19-6-7-24(31-2)27-14-19/h3-7,10-12,14H,8-9,13,15-16H2,1-2H3. The zero-order chi connectivity index (χ0) is 21.4. The number of hydrogen-bond donors (Lipinski definition) is 0. The van der Waals surface area contributed by atoms with Gasteiger partial charge in [0.05, 0.1) is 25.8 Å². The summed E-state index contributed by atoms with van der Waals surface area (Å²) in [5, 5.41) is 0. The number of hydrogen-bond acceptors (Lipinski definition) is 4. The van der Waals surface area contributed by atoms with Crippen molar-refractivity contribution in [1.29, 1.82) is 0 Å². The van der Waals surface area contributed by atoms with Gasteiger partial charge in [-0.3, -0.25) is 9.79 Å². The largest absolute Gasteiger partial charge is 0.481 e. The van der Waals surface area contributed by atoms with Crippen LogP contribution in [-0.2, 0) is 30.7 Å². The van der Waals surface area contributed by atoms with E-state index >= 15 is 0 Å². The van der Waals surface area contributed by atoms with Gasteiger partial charge in [0.2, 0.25) is 11.8 Å². The first-order chi connectivity index (χ1) is 15.1. The fourth-order valence-electron chi connectivity index (χ4n) is 4.44. The Kier molecular flexibility index (Phi) is 5.02. The lowest BCUT2D eigenvalue weighted by atomic mass is 9.91. The van der Waals surface area contributed by atoms with Crippen molar-refractivity contribution >= 4 is 11.6 Å². The molecule has 1 amide bonds. The minimum absolute atomic E-state index is 0.207. The Morgan fingerprint density at radius 2 is 1.97 bits per heavy atom. The van der Waals surface area contributed by atoms with Crippen molar-refractivity contribution < 1.29 is 9.53 Å². The van der Waals surface area contributed by atoms with Crippen molar-refractivity contribution in [3.63, 3.8) is 0 Å². The number of pyridine rings is 1. The molecule has 3 heterocycles. The summed E-state index contributed by atoms with van der Waals surface area (Å²) in [6.45, 7) is 4.14. The Bertz CT molecular complexity index is 1180. The van der Waals surface area contributed by atoms with E-state index in [0.717, 1.165) is 35.4 Å². The van der Waals surface area contributed by atoms with Crippen LogP contribution >= 0.6 is 0 Å². The molecule has 0 saturated carbocycles. The number of aliphatic imine (C=N–C) groups is 1. The van der Waals surface area contributed by atoms with Gasteiger partial charge in [0, 0.05) is 36.5 Å². The molecule has 5 heteroatoms. The number of ether oxygens (including phenoxy) is 1. The van der Waals surface area contributed by atoms with Crippen molar-refractivity contribution in [3.8, 4) is 5.88 Å². The molecule has 0 atom stereocenters. The number of methoxy groups -OCH3 is 1. The molecule has 5 nitrogen and oxygen atoms in total. The quantitative estimate of drug-likeness (QED) is 0.640. The zero-order valence-corrected chi connectivity index (χ0v) is 17.9. The SMILES string of the molecule is COc1ccc(C2=NCc3cc4c(cc32)CN(CCc2cccc(C)c2)C(=O)C4)cn1. The summed E-state index contributed by atoms with van der Waals surface area (Å²) in [7, 11) is 1.61. The minimum atomic E-state index is 0.207. The molecular formula is C26H25N3O2. The molecule has 2 aromatic carbocycles.